The molecule has 0 radical (unpaired) electrons. The molecule has 6 nitrogen and oxygen atoms in total. The van der Waals surface area contributed by atoms with Crippen LogP contribution in [-0.4, -0.2) is 36.7 Å². The zero-order valence-electron chi connectivity index (χ0n) is 15.2. The Morgan fingerprint density at radius 3 is 2.66 bits per heavy atom. The molecular weight excluding hydrogens is 437 g/mol. The highest BCUT2D eigenvalue weighted by Gasteiger charge is 2.28. The van der Waals surface area contributed by atoms with E-state index in [-0.39, 0.29) is 21.3 Å². The van der Waals surface area contributed by atoms with Gasteiger partial charge >= 0.3 is 0 Å². The number of sulfonamides is 1. The number of halogens is 2. The lowest BCUT2D eigenvalue weighted by Gasteiger charge is -2.26. The number of nitrogens with zero attached hydrogens (tertiary/aromatic N) is 2. The quantitative estimate of drug-likeness (QED) is 0.630. The summed E-state index contributed by atoms with van der Waals surface area (Å²) in [4.78, 5) is 16.8. The second kappa shape index (κ2) is 7.98. The number of aromatic nitrogens is 1. The molecule has 1 aliphatic rings. The smallest absolute Gasteiger partial charge is 0.257 e. The first-order valence-corrected chi connectivity index (χ1v) is 11.7. The maximum Gasteiger partial charge on any atom is 0.257 e. The number of anilines is 1. The summed E-state index contributed by atoms with van der Waals surface area (Å²) in [6, 6.07) is 8.32. The number of amides is 1. The molecule has 0 unspecified atom stereocenters. The Labute approximate surface area is 176 Å². The number of benzene rings is 2. The van der Waals surface area contributed by atoms with Crippen molar-refractivity contribution >= 4 is 54.2 Å². The number of rotatable bonds is 4. The van der Waals surface area contributed by atoms with Crippen LogP contribution in [0, 0.1) is 5.82 Å². The minimum Gasteiger partial charge on any atom is -0.298 e. The van der Waals surface area contributed by atoms with Gasteiger partial charge in [-0.2, -0.15) is 4.31 Å². The summed E-state index contributed by atoms with van der Waals surface area (Å²) < 4.78 is 41.3. The first-order chi connectivity index (χ1) is 13.8. The van der Waals surface area contributed by atoms with Gasteiger partial charge in [0.05, 0.1) is 15.2 Å². The monoisotopic (exact) mass is 453 g/mol. The molecule has 0 atom stereocenters. The van der Waals surface area contributed by atoms with Crippen LogP contribution in [-0.2, 0) is 10.0 Å². The molecule has 1 aliphatic heterocycles. The predicted octanol–water partition coefficient (Wildman–Crippen LogP) is 4.52. The Hall–Kier alpha value is -2.07. The molecule has 0 saturated carbocycles. The topological polar surface area (TPSA) is 79.4 Å². The largest absolute Gasteiger partial charge is 0.298 e. The summed E-state index contributed by atoms with van der Waals surface area (Å²) in [5.41, 5.74) is 0.714. The van der Waals surface area contributed by atoms with E-state index in [1.165, 1.54) is 40.7 Å². The first-order valence-electron chi connectivity index (χ1n) is 9.02. The molecule has 1 fully saturated rings. The highest BCUT2D eigenvalue weighted by molar-refractivity contribution is 7.89. The zero-order valence-corrected chi connectivity index (χ0v) is 17.6. The van der Waals surface area contributed by atoms with Crippen LogP contribution in [0.4, 0.5) is 9.52 Å². The normalized spacial score (nSPS) is 15.5. The highest BCUT2D eigenvalue weighted by Crippen LogP contribution is 2.29. The minimum atomic E-state index is -3.78. The summed E-state index contributed by atoms with van der Waals surface area (Å²) in [5.74, 6) is -0.902. The average Bonchev–Trinajstić information content (AvgIpc) is 3.10. The molecule has 0 bridgehead atoms. The molecule has 1 amide bonds. The maximum absolute atomic E-state index is 13.3. The SMILES string of the molecule is O=C(Nc1nc2ccc(F)cc2s1)c1ccc(Cl)c(S(=O)(=O)N2CCCCC2)c1. The minimum absolute atomic E-state index is 0.0718. The molecule has 3 aromatic rings. The van der Waals surface area contributed by atoms with Gasteiger partial charge < -0.3 is 0 Å². The number of carbonyl (C=O) groups excluding carboxylic acids is 1. The van der Waals surface area contributed by atoms with Crippen LogP contribution >= 0.6 is 22.9 Å². The van der Waals surface area contributed by atoms with Crippen molar-refractivity contribution in [3.05, 3.63) is 52.8 Å². The molecule has 29 heavy (non-hydrogen) atoms. The molecule has 0 aliphatic carbocycles. The van der Waals surface area contributed by atoms with Gasteiger partial charge in [0.25, 0.3) is 5.91 Å². The lowest BCUT2D eigenvalue weighted by atomic mass is 10.2. The summed E-state index contributed by atoms with van der Waals surface area (Å²) in [6.07, 6.45) is 2.60. The highest BCUT2D eigenvalue weighted by atomic mass is 35.5. The van der Waals surface area contributed by atoms with Crippen LogP contribution in [0.2, 0.25) is 5.02 Å². The van der Waals surface area contributed by atoms with Crippen LogP contribution in [0.5, 0.6) is 0 Å². The third kappa shape index (κ3) is 4.13. The van der Waals surface area contributed by atoms with Gasteiger partial charge in [-0.05, 0) is 49.2 Å². The lowest BCUT2D eigenvalue weighted by Crippen LogP contribution is -2.35. The Kier molecular flexibility index (Phi) is 5.56. The van der Waals surface area contributed by atoms with Crippen molar-refractivity contribution in [2.45, 2.75) is 24.2 Å². The number of thiazole rings is 1. The van der Waals surface area contributed by atoms with Crippen molar-refractivity contribution < 1.29 is 17.6 Å². The second-order valence-electron chi connectivity index (χ2n) is 6.70. The molecule has 152 valence electrons. The van der Waals surface area contributed by atoms with E-state index < -0.39 is 15.9 Å². The van der Waals surface area contributed by atoms with Gasteiger partial charge in [-0.15, -0.1) is 0 Å². The van der Waals surface area contributed by atoms with Gasteiger partial charge in [-0.1, -0.05) is 29.4 Å². The number of carbonyl (C=O) groups is 1. The van der Waals surface area contributed by atoms with E-state index in [0.29, 0.717) is 28.4 Å². The van der Waals surface area contributed by atoms with Crippen molar-refractivity contribution in [2.24, 2.45) is 0 Å². The fourth-order valence-corrected chi connectivity index (χ4v) is 6.11. The van der Waals surface area contributed by atoms with Crippen molar-refractivity contribution in [3.63, 3.8) is 0 Å². The second-order valence-corrected chi connectivity index (χ2v) is 10.0. The van der Waals surface area contributed by atoms with Crippen molar-refractivity contribution in [3.8, 4) is 0 Å². The summed E-state index contributed by atoms with van der Waals surface area (Å²) in [7, 11) is -3.78. The number of nitrogens with one attached hydrogen (secondary N) is 1. The van der Waals surface area contributed by atoms with Crippen LogP contribution in [0.15, 0.2) is 41.3 Å². The molecular formula is C19H17ClFN3O3S2. The van der Waals surface area contributed by atoms with E-state index in [1.54, 1.807) is 0 Å². The molecule has 1 aromatic heterocycles. The molecule has 0 spiro atoms. The van der Waals surface area contributed by atoms with Gasteiger partial charge in [0, 0.05) is 18.7 Å². The van der Waals surface area contributed by atoms with E-state index in [9.17, 15) is 17.6 Å². The van der Waals surface area contributed by atoms with E-state index in [4.69, 9.17) is 11.6 Å². The van der Waals surface area contributed by atoms with Crippen LogP contribution < -0.4 is 5.32 Å². The Morgan fingerprint density at radius 1 is 1.14 bits per heavy atom. The molecule has 2 aromatic carbocycles. The number of fused-ring (bicyclic) bond motifs is 1. The summed E-state index contributed by atoms with van der Waals surface area (Å²) in [6.45, 7) is 0.884. The predicted molar refractivity (Wildman–Crippen MR) is 112 cm³/mol. The Bertz CT molecular complexity index is 1190. The lowest BCUT2D eigenvalue weighted by molar-refractivity contribution is 0.102. The Balaban J connectivity index is 1.61. The molecule has 2 heterocycles. The standard InChI is InChI=1S/C19H17ClFN3O3S2/c20-14-6-4-12(10-17(14)29(26,27)24-8-2-1-3-9-24)18(25)23-19-22-15-7-5-13(21)11-16(15)28-19/h4-7,10-11H,1-3,8-9H2,(H,22,23,25). The zero-order chi connectivity index (χ0) is 20.6. The van der Waals surface area contributed by atoms with Crippen molar-refractivity contribution in [1.82, 2.24) is 9.29 Å². The number of hydrogen-bond donors (Lipinski definition) is 1. The van der Waals surface area contributed by atoms with Gasteiger partial charge in [-0.3, -0.25) is 10.1 Å². The van der Waals surface area contributed by atoms with Crippen molar-refractivity contribution in [1.29, 1.82) is 0 Å². The molecule has 1 saturated heterocycles. The maximum atomic E-state index is 13.3. The van der Waals surface area contributed by atoms with Crippen LogP contribution in [0.3, 0.4) is 0 Å². The number of piperidine rings is 1. The van der Waals surface area contributed by atoms with E-state index in [1.807, 2.05) is 0 Å². The van der Waals surface area contributed by atoms with Gasteiger partial charge in [0.15, 0.2) is 5.13 Å². The van der Waals surface area contributed by atoms with E-state index >= 15 is 0 Å². The van der Waals surface area contributed by atoms with Crippen molar-refractivity contribution in [2.75, 3.05) is 18.4 Å². The number of hydrogen-bond acceptors (Lipinski definition) is 5. The summed E-state index contributed by atoms with van der Waals surface area (Å²) >= 11 is 7.28. The fraction of sp³-hybridized carbons (Fsp3) is 0.263. The van der Waals surface area contributed by atoms with Gasteiger partial charge in [0.1, 0.15) is 10.7 Å². The van der Waals surface area contributed by atoms with Crippen LogP contribution in [0.1, 0.15) is 29.6 Å². The fourth-order valence-electron chi connectivity index (χ4n) is 3.21. The molecule has 1 N–H and O–H groups in total. The summed E-state index contributed by atoms with van der Waals surface area (Å²) in [5, 5.41) is 3.01. The third-order valence-electron chi connectivity index (χ3n) is 4.70. The Morgan fingerprint density at radius 2 is 1.90 bits per heavy atom. The van der Waals surface area contributed by atoms with Crippen LogP contribution in [0.25, 0.3) is 10.2 Å². The average molecular weight is 454 g/mol. The molecule has 10 heteroatoms. The van der Waals surface area contributed by atoms with E-state index in [0.717, 1.165) is 30.6 Å². The van der Waals surface area contributed by atoms with Gasteiger partial charge in [-0.25, -0.2) is 17.8 Å². The van der Waals surface area contributed by atoms with E-state index in [2.05, 4.69) is 10.3 Å². The molecule has 4 rings (SSSR count). The van der Waals surface area contributed by atoms with Gasteiger partial charge in [0.2, 0.25) is 10.0 Å². The first kappa shape index (κ1) is 20.2. The third-order valence-corrected chi connectivity index (χ3v) is 8.01.